The van der Waals surface area contributed by atoms with Gasteiger partial charge in [0.05, 0.1) is 11.6 Å². The Bertz CT molecular complexity index is 964. The van der Waals surface area contributed by atoms with Crippen LogP contribution in [0.15, 0.2) is 54.7 Å². The molecule has 27 heavy (non-hydrogen) atoms. The van der Waals surface area contributed by atoms with Gasteiger partial charge in [-0.15, -0.1) is 11.3 Å². The summed E-state index contributed by atoms with van der Waals surface area (Å²) < 4.78 is 28.5. The standard InChI is InChI=1S/C19H13F2N3O2S/c20-18(21)26-15-7-5-14(6-8-15)17(25)24-19-23-11-16(27-19)9-12-1-3-13(10-22)4-2-12/h1-8,11,18H,9H2,(H,23,24,25). The zero-order valence-corrected chi connectivity index (χ0v) is 14.7. The fraction of sp³-hybridized carbons (Fsp3) is 0.105. The highest BCUT2D eigenvalue weighted by atomic mass is 32.1. The van der Waals surface area contributed by atoms with Gasteiger partial charge in [0.25, 0.3) is 5.91 Å². The summed E-state index contributed by atoms with van der Waals surface area (Å²) >= 11 is 1.34. The predicted molar refractivity (Wildman–Crippen MR) is 97.1 cm³/mol. The fourth-order valence-corrected chi connectivity index (χ4v) is 3.14. The first-order valence-corrected chi connectivity index (χ1v) is 8.65. The number of thiazole rings is 1. The molecule has 0 fully saturated rings. The van der Waals surface area contributed by atoms with Crippen LogP contribution in [0, 0.1) is 11.3 Å². The number of halogens is 2. The molecule has 0 aliphatic heterocycles. The Balaban J connectivity index is 1.61. The molecule has 0 radical (unpaired) electrons. The number of nitrogens with zero attached hydrogens (tertiary/aromatic N) is 2. The quantitative estimate of drug-likeness (QED) is 0.680. The molecule has 0 aliphatic rings. The van der Waals surface area contributed by atoms with Crippen molar-refractivity contribution in [1.29, 1.82) is 5.26 Å². The van der Waals surface area contributed by atoms with Crippen molar-refractivity contribution in [1.82, 2.24) is 4.98 Å². The lowest BCUT2D eigenvalue weighted by atomic mass is 10.1. The smallest absolute Gasteiger partial charge is 0.387 e. The number of nitriles is 1. The summed E-state index contributed by atoms with van der Waals surface area (Å²) in [6.45, 7) is -2.91. The van der Waals surface area contributed by atoms with Gasteiger partial charge in [-0.25, -0.2) is 4.98 Å². The molecule has 0 bridgehead atoms. The highest BCUT2D eigenvalue weighted by Gasteiger charge is 2.11. The van der Waals surface area contributed by atoms with E-state index in [1.54, 1.807) is 18.3 Å². The maximum atomic E-state index is 12.2. The lowest BCUT2D eigenvalue weighted by Crippen LogP contribution is -2.11. The van der Waals surface area contributed by atoms with E-state index < -0.39 is 12.5 Å². The zero-order chi connectivity index (χ0) is 19.2. The molecule has 0 unspecified atom stereocenters. The lowest BCUT2D eigenvalue weighted by Gasteiger charge is -2.05. The van der Waals surface area contributed by atoms with Crippen LogP contribution in [0.3, 0.4) is 0 Å². The van der Waals surface area contributed by atoms with Crippen molar-refractivity contribution in [2.45, 2.75) is 13.0 Å². The molecule has 0 aliphatic carbocycles. The minimum atomic E-state index is -2.91. The van der Waals surface area contributed by atoms with Crippen molar-refractivity contribution < 1.29 is 18.3 Å². The van der Waals surface area contributed by atoms with Crippen LogP contribution in [-0.2, 0) is 6.42 Å². The minimum Gasteiger partial charge on any atom is -0.435 e. The molecule has 5 nitrogen and oxygen atoms in total. The molecule has 1 amide bonds. The number of ether oxygens (including phenoxy) is 1. The molecular weight excluding hydrogens is 372 g/mol. The Morgan fingerprint density at radius 3 is 2.52 bits per heavy atom. The van der Waals surface area contributed by atoms with Gasteiger partial charge < -0.3 is 4.74 Å². The van der Waals surface area contributed by atoms with Crippen LogP contribution in [0.2, 0.25) is 0 Å². The fourth-order valence-electron chi connectivity index (χ4n) is 2.30. The van der Waals surface area contributed by atoms with Gasteiger partial charge in [0.15, 0.2) is 5.13 Å². The molecule has 8 heteroatoms. The molecule has 1 heterocycles. The maximum Gasteiger partial charge on any atom is 0.387 e. The first-order valence-electron chi connectivity index (χ1n) is 7.83. The number of anilines is 1. The largest absolute Gasteiger partial charge is 0.435 e. The number of hydrogen-bond acceptors (Lipinski definition) is 5. The molecular formula is C19H13F2N3O2S. The monoisotopic (exact) mass is 385 g/mol. The predicted octanol–water partition coefficient (Wildman–Crippen LogP) is 4.46. The van der Waals surface area contributed by atoms with Crippen LogP contribution in [0.25, 0.3) is 0 Å². The van der Waals surface area contributed by atoms with Crippen LogP contribution in [0.5, 0.6) is 5.75 Å². The average molecular weight is 385 g/mol. The topological polar surface area (TPSA) is 75.0 Å². The minimum absolute atomic E-state index is 0.0134. The van der Waals surface area contributed by atoms with E-state index in [1.165, 1.54) is 35.6 Å². The van der Waals surface area contributed by atoms with E-state index >= 15 is 0 Å². The molecule has 0 saturated heterocycles. The highest BCUT2D eigenvalue weighted by Crippen LogP contribution is 2.22. The third-order valence-corrected chi connectivity index (χ3v) is 4.49. The zero-order valence-electron chi connectivity index (χ0n) is 13.9. The van der Waals surface area contributed by atoms with E-state index in [-0.39, 0.29) is 5.75 Å². The van der Waals surface area contributed by atoms with E-state index in [0.29, 0.717) is 22.7 Å². The van der Waals surface area contributed by atoms with Gasteiger partial charge in [0, 0.05) is 23.1 Å². The number of hydrogen-bond donors (Lipinski definition) is 1. The van der Waals surface area contributed by atoms with Gasteiger partial charge in [0.1, 0.15) is 5.75 Å². The SMILES string of the molecule is N#Cc1ccc(Cc2cnc(NC(=O)c3ccc(OC(F)F)cc3)s2)cc1. The molecule has 0 saturated carbocycles. The summed E-state index contributed by atoms with van der Waals surface area (Å²) in [7, 11) is 0. The molecule has 0 atom stereocenters. The van der Waals surface area contributed by atoms with Crippen molar-refractivity contribution >= 4 is 22.4 Å². The Labute approximate surface area is 157 Å². The van der Waals surface area contributed by atoms with Crippen molar-refractivity contribution in [3.8, 4) is 11.8 Å². The van der Waals surface area contributed by atoms with Crippen molar-refractivity contribution in [2.24, 2.45) is 0 Å². The number of carbonyl (C=O) groups is 1. The van der Waals surface area contributed by atoms with Crippen molar-refractivity contribution in [3.63, 3.8) is 0 Å². The number of aromatic nitrogens is 1. The molecule has 136 valence electrons. The van der Waals surface area contributed by atoms with Crippen LogP contribution in [0.1, 0.15) is 26.4 Å². The van der Waals surface area contributed by atoms with Gasteiger partial charge in [-0.2, -0.15) is 14.0 Å². The second-order valence-corrected chi connectivity index (χ2v) is 6.59. The van der Waals surface area contributed by atoms with Crippen LogP contribution in [-0.4, -0.2) is 17.5 Å². The second kappa shape index (κ2) is 8.38. The summed E-state index contributed by atoms with van der Waals surface area (Å²) in [5.74, 6) is -0.404. The average Bonchev–Trinajstić information content (AvgIpc) is 3.09. The van der Waals surface area contributed by atoms with E-state index in [1.807, 2.05) is 12.1 Å². The Morgan fingerprint density at radius 2 is 1.89 bits per heavy atom. The normalized spacial score (nSPS) is 10.4. The highest BCUT2D eigenvalue weighted by molar-refractivity contribution is 7.15. The second-order valence-electron chi connectivity index (χ2n) is 5.47. The molecule has 1 aromatic heterocycles. The van der Waals surface area contributed by atoms with E-state index in [2.05, 4.69) is 21.1 Å². The molecule has 2 aromatic carbocycles. The molecule has 1 N–H and O–H groups in total. The number of carbonyl (C=O) groups excluding carboxylic acids is 1. The summed E-state index contributed by atoms with van der Waals surface area (Å²) in [6.07, 6.45) is 2.32. The van der Waals surface area contributed by atoms with Gasteiger partial charge >= 0.3 is 6.61 Å². The third-order valence-electron chi connectivity index (χ3n) is 3.58. The van der Waals surface area contributed by atoms with Gasteiger partial charge in [0.2, 0.25) is 0 Å². The summed E-state index contributed by atoms with van der Waals surface area (Å²) in [4.78, 5) is 17.4. The number of benzene rings is 2. The van der Waals surface area contributed by atoms with Crippen molar-refractivity contribution in [3.05, 3.63) is 76.3 Å². The molecule has 0 spiro atoms. The van der Waals surface area contributed by atoms with Crippen LogP contribution in [0.4, 0.5) is 13.9 Å². The van der Waals surface area contributed by atoms with E-state index in [0.717, 1.165) is 10.4 Å². The number of amides is 1. The van der Waals surface area contributed by atoms with Gasteiger partial charge in [-0.1, -0.05) is 12.1 Å². The Morgan fingerprint density at radius 1 is 1.19 bits per heavy atom. The first-order chi connectivity index (χ1) is 13.0. The Kier molecular flexibility index (Phi) is 5.74. The van der Waals surface area contributed by atoms with Gasteiger partial charge in [-0.05, 0) is 42.0 Å². The first kappa shape index (κ1) is 18.5. The summed E-state index contributed by atoms with van der Waals surface area (Å²) in [6, 6.07) is 14.7. The van der Waals surface area contributed by atoms with Gasteiger partial charge in [-0.3, -0.25) is 10.1 Å². The Hall–Kier alpha value is -3.31. The number of alkyl halides is 2. The summed E-state index contributed by atoms with van der Waals surface area (Å²) in [5.41, 5.74) is 1.94. The molecule has 3 aromatic rings. The lowest BCUT2D eigenvalue weighted by molar-refractivity contribution is -0.0498. The van der Waals surface area contributed by atoms with E-state index in [9.17, 15) is 13.6 Å². The van der Waals surface area contributed by atoms with E-state index in [4.69, 9.17) is 5.26 Å². The van der Waals surface area contributed by atoms with Crippen LogP contribution >= 0.6 is 11.3 Å². The van der Waals surface area contributed by atoms with Crippen molar-refractivity contribution in [2.75, 3.05) is 5.32 Å². The maximum absolute atomic E-state index is 12.2. The molecule has 3 rings (SSSR count). The summed E-state index contributed by atoms with van der Waals surface area (Å²) in [5, 5.41) is 11.9. The number of rotatable bonds is 6. The third kappa shape index (κ3) is 5.09. The number of nitrogens with one attached hydrogen (secondary N) is 1. The van der Waals surface area contributed by atoms with Crippen LogP contribution < -0.4 is 10.1 Å².